The second-order valence-corrected chi connectivity index (χ2v) is 7.73. The highest BCUT2D eigenvalue weighted by atomic mass is 32.2. The lowest BCUT2D eigenvalue weighted by molar-refractivity contribution is 0.0722. The van der Waals surface area contributed by atoms with Gasteiger partial charge < -0.3 is 9.42 Å². The summed E-state index contributed by atoms with van der Waals surface area (Å²) in [7, 11) is -3.24. The minimum atomic E-state index is -3.24. The van der Waals surface area contributed by atoms with Crippen LogP contribution in [0.15, 0.2) is 40.9 Å². The summed E-state index contributed by atoms with van der Waals surface area (Å²) < 4.78 is 29.9. The lowest BCUT2D eigenvalue weighted by Gasteiger charge is -2.19. The minimum Gasteiger partial charge on any atom is -0.350 e. The molecular weight excluding hydrogens is 330 g/mol. The first kappa shape index (κ1) is 16.7. The van der Waals surface area contributed by atoms with Crippen LogP contribution in [0.3, 0.4) is 0 Å². The molecule has 0 unspecified atom stereocenters. The molecule has 2 aromatic rings. The van der Waals surface area contributed by atoms with Crippen molar-refractivity contribution in [1.29, 1.82) is 0 Å². The molecule has 0 bridgehead atoms. The van der Waals surface area contributed by atoms with Crippen LogP contribution in [0.2, 0.25) is 0 Å². The Hall–Kier alpha value is -2.19. The van der Waals surface area contributed by atoms with Gasteiger partial charge in [-0.2, -0.15) is 0 Å². The van der Waals surface area contributed by atoms with Gasteiger partial charge >= 0.3 is 0 Å². The van der Waals surface area contributed by atoms with Crippen LogP contribution in [-0.2, 0) is 10.0 Å². The summed E-state index contributed by atoms with van der Waals surface area (Å²) in [6, 6.07) is 11.1. The Morgan fingerprint density at radius 2 is 1.88 bits per heavy atom. The molecule has 1 amide bonds. The number of aromatic nitrogens is 1. The van der Waals surface area contributed by atoms with Gasteiger partial charge in [0.1, 0.15) is 5.69 Å². The van der Waals surface area contributed by atoms with Crippen LogP contribution in [-0.4, -0.2) is 61.1 Å². The summed E-state index contributed by atoms with van der Waals surface area (Å²) >= 11 is 0. The molecule has 1 aliphatic rings. The average Bonchev–Trinajstić information content (AvgIpc) is 2.91. The molecule has 0 saturated carbocycles. The molecule has 0 spiro atoms. The minimum absolute atomic E-state index is 0.168. The number of carbonyl (C=O) groups is 1. The maximum Gasteiger partial charge on any atom is 0.292 e. The van der Waals surface area contributed by atoms with E-state index in [-0.39, 0.29) is 11.7 Å². The van der Waals surface area contributed by atoms with Crippen molar-refractivity contribution in [3.63, 3.8) is 0 Å². The molecule has 24 heavy (non-hydrogen) atoms. The first-order chi connectivity index (χ1) is 11.4. The van der Waals surface area contributed by atoms with Crippen LogP contribution >= 0.6 is 0 Å². The third-order valence-electron chi connectivity index (χ3n) is 4.00. The summed E-state index contributed by atoms with van der Waals surface area (Å²) in [6.07, 6.45) is 1.78. The summed E-state index contributed by atoms with van der Waals surface area (Å²) in [5, 5.41) is 3.95. The van der Waals surface area contributed by atoms with Crippen molar-refractivity contribution in [1.82, 2.24) is 14.4 Å². The maximum absolute atomic E-state index is 12.6. The van der Waals surface area contributed by atoms with Gasteiger partial charge in [-0.15, -0.1) is 0 Å². The van der Waals surface area contributed by atoms with E-state index in [1.807, 2.05) is 30.3 Å². The number of hydrogen-bond acceptors (Lipinski definition) is 5. The van der Waals surface area contributed by atoms with Gasteiger partial charge in [-0.25, -0.2) is 12.7 Å². The van der Waals surface area contributed by atoms with Gasteiger partial charge in [0.15, 0.2) is 0 Å². The van der Waals surface area contributed by atoms with E-state index in [1.54, 1.807) is 11.0 Å². The highest BCUT2D eigenvalue weighted by Crippen LogP contribution is 2.20. The molecule has 1 aromatic heterocycles. The molecule has 1 fully saturated rings. The monoisotopic (exact) mass is 349 g/mol. The number of carbonyl (C=O) groups excluding carboxylic acids is 1. The van der Waals surface area contributed by atoms with E-state index in [0.29, 0.717) is 38.3 Å². The topological polar surface area (TPSA) is 83.7 Å². The van der Waals surface area contributed by atoms with E-state index in [2.05, 4.69) is 5.16 Å². The van der Waals surface area contributed by atoms with Crippen molar-refractivity contribution in [3.05, 3.63) is 42.2 Å². The molecule has 0 atom stereocenters. The van der Waals surface area contributed by atoms with Gasteiger partial charge in [-0.05, 0) is 6.42 Å². The Kier molecular flexibility index (Phi) is 4.68. The first-order valence-corrected chi connectivity index (χ1v) is 9.56. The molecular formula is C16H19N3O4S. The second kappa shape index (κ2) is 6.74. The van der Waals surface area contributed by atoms with Crippen LogP contribution in [0.4, 0.5) is 0 Å². The fraction of sp³-hybridized carbons (Fsp3) is 0.375. The van der Waals surface area contributed by atoms with Gasteiger partial charge in [0.05, 0.1) is 6.26 Å². The Labute approximate surface area is 140 Å². The lowest BCUT2D eigenvalue weighted by Crippen LogP contribution is -2.36. The lowest BCUT2D eigenvalue weighted by atomic mass is 10.1. The Balaban J connectivity index is 1.72. The number of benzene rings is 1. The molecule has 8 heteroatoms. The molecule has 1 aliphatic heterocycles. The summed E-state index contributed by atoms with van der Waals surface area (Å²) in [5.41, 5.74) is 1.48. The first-order valence-electron chi connectivity index (χ1n) is 7.72. The number of amides is 1. The van der Waals surface area contributed by atoms with Crippen molar-refractivity contribution in [3.8, 4) is 11.3 Å². The summed E-state index contributed by atoms with van der Waals surface area (Å²) in [6.45, 7) is 1.55. The highest BCUT2D eigenvalue weighted by molar-refractivity contribution is 7.88. The maximum atomic E-state index is 12.6. The van der Waals surface area contributed by atoms with Crippen LogP contribution in [0.1, 0.15) is 17.0 Å². The largest absolute Gasteiger partial charge is 0.350 e. The van der Waals surface area contributed by atoms with Gasteiger partial charge in [0.25, 0.3) is 5.91 Å². The van der Waals surface area contributed by atoms with Crippen molar-refractivity contribution in [2.45, 2.75) is 6.42 Å². The number of rotatable bonds is 3. The zero-order valence-corrected chi connectivity index (χ0v) is 14.2. The van der Waals surface area contributed by atoms with Crippen molar-refractivity contribution in [2.75, 3.05) is 32.4 Å². The van der Waals surface area contributed by atoms with Gasteiger partial charge in [-0.3, -0.25) is 4.79 Å². The van der Waals surface area contributed by atoms with Crippen LogP contribution in [0, 0.1) is 0 Å². The zero-order valence-electron chi connectivity index (χ0n) is 13.4. The van der Waals surface area contributed by atoms with Crippen LogP contribution in [0.25, 0.3) is 11.3 Å². The predicted molar refractivity (Wildman–Crippen MR) is 88.9 cm³/mol. The van der Waals surface area contributed by atoms with E-state index >= 15 is 0 Å². The number of hydrogen-bond donors (Lipinski definition) is 0. The fourth-order valence-electron chi connectivity index (χ4n) is 2.71. The van der Waals surface area contributed by atoms with Gasteiger partial charge in [0.2, 0.25) is 15.8 Å². The van der Waals surface area contributed by atoms with Crippen LogP contribution < -0.4 is 0 Å². The van der Waals surface area contributed by atoms with Crippen molar-refractivity contribution in [2.24, 2.45) is 0 Å². The van der Waals surface area contributed by atoms with Gasteiger partial charge in [-0.1, -0.05) is 35.5 Å². The molecule has 7 nitrogen and oxygen atoms in total. The molecule has 0 radical (unpaired) electrons. The van der Waals surface area contributed by atoms with Crippen molar-refractivity contribution < 1.29 is 17.7 Å². The van der Waals surface area contributed by atoms with Gasteiger partial charge in [0, 0.05) is 37.8 Å². The normalized spacial score (nSPS) is 16.8. The standard InChI is InChI=1S/C16H19N3O4S/c1-24(21,22)19-9-5-8-18(10-11-19)16(20)15-12-14(17-23-15)13-6-3-2-4-7-13/h2-4,6-7,12H,5,8-11H2,1H3. The van der Waals surface area contributed by atoms with E-state index in [1.165, 1.54) is 10.6 Å². The van der Waals surface area contributed by atoms with E-state index in [9.17, 15) is 13.2 Å². The van der Waals surface area contributed by atoms with E-state index in [4.69, 9.17) is 4.52 Å². The quantitative estimate of drug-likeness (QED) is 0.837. The Bertz CT molecular complexity index is 817. The molecule has 0 N–H and O–H groups in total. The molecule has 2 heterocycles. The Morgan fingerprint density at radius 3 is 2.58 bits per heavy atom. The Morgan fingerprint density at radius 1 is 1.12 bits per heavy atom. The summed E-state index contributed by atoms with van der Waals surface area (Å²) in [4.78, 5) is 14.2. The third-order valence-corrected chi connectivity index (χ3v) is 5.30. The predicted octanol–water partition coefficient (Wildman–Crippen LogP) is 1.45. The third kappa shape index (κ3) is 3.65. The van der Waals surface area contributed by atoms with E-state index < -0.39 is 10.0 Å². The zero-order chi connectivity index (χ0) is 17.2. The number of sulfonamides is 1. The molecule has 128 valence electrons. The molecule has 1 aromatic carbocycles. The van der Waals surface area contributed by atoms with Crippen molar-refractivity contribution >= 4 is 15.9 Å². The average molecular weight is 349 g/mol. The summed E-state index contributed by atoms with van der Waals surface area (Å²) in [5.74, 6) is -0.0957. The second-order valence-electron chi connectivity index (χ2n) is 5.75. The van der Waals surface area contributed by atoms with Crippen LogP contribution in [0.5, 0.6) is 0 Å². The smallest absolute Gasteiger partial charge is 0.292 e. The molecule has 1 saturated heterocycles. The van der Waals surface area contributed by atoms with E-state index in [0.717, 1.165) is 5.56 Å². The SMILES string of the molecule is CS(=O)(=O)N1CCCN(C(=O)c2cc(-c3ccccc3)no2)CC1. The molecule has 3 rings (SSSR count). The molecule has 0 aliphatic carbocycles. The number of nitrogens with zero attached hydrogens (tertiary/aromatic N) is 3. The fourth-order valence-corrected chi connectivity index (χ4v) is 3.58. The highest BCUT2D eigenvalue weighted by Gasteiger charge is 2.26.